The second-order valence-electron chi connectivity index (χ2n) is 4.61. The van der Waals surface area contributed by atoms with Gasteiger partial charge in [-0.1, -0.05) is 19.4 Å². The average Bonchev–Trinajstić information content (AvgIpc) is 2.70. The zero-order valence-electron chi connectivity index (χ0n) is 9.73. The molecule has 0 spiro atoms. The van der Waals surface area contributed by atoms with Crippen LogP contribution < -0.4 is 5.43 Å². The summed E-state index contributed by atoms with van der Waals surface area (Å²) in [4.78, 5) is 7.86. The third-order valence-electron chi connectivity index (χ3n) is 3.60. The van der Waals surface area contributed by atoms with Crippen LogP contribution in [0, 0.1) is 11.8 Å². The number of hydrogen-bond donors (Lipinski definition) is 1. The normalized spacial score (nSPS) is 30.9. The molecule has 2 unspecified atom stereocenters. The molecule has 4 nitrogen and oxygen atoms in total. The van der Waals surface area contributed by atoms with Crippen molar-refractivity contribution in [3.05, 3.63) is 12.8 Å². The van der Waals surface area contributed by atoms with Crippen LogP contribution in [0.5, 0.6) is 0 Å². The van der Waals surface area contributed by atoms with Gasteiger partial charge in [0.05, 0.1) is 0 Å². The maximum atomic E-state index is 4.02. The van der Waals surface area contributed by atoms with Crippen molar-refractivity contribution in [3.63, 3.8) is 0 Å². The quantitative estimate of drug-likeness (QED) is 0.569. The van der Waals surface area contributed by atoms with E-state index in [4.69, 9.17) is 0 Å². The molecule has 0 aromatic rings. The molecule has 1 aliphatic carbocycles. The summed E-state index contributed by atoms with van der Waals surface area (Å²) in [6.45, 7) is 9.27. The summed E-state index contributed by atoms with van der Waals surface area (Å²) in [5.41, 5.74) is 3.21. The van der Waals surface area contributed by atoms with E-state index in [1.807, 2.05) is 0 Å². The number of nitrogens with one attached hydrogen (secondary N) is 1. The molecule has 1 aliphatic heterocycles. The van der Waals surface area contributed by atoms with Crippen molar-refractivity contribution < 1.29 is 0 Å². The SMILES string of the molecule is C=CN=C(N=C)NN1CC2CCCCC2C1. The third-order valence-corrected chi connectivity index (χ3v) is 3.60. The van der Waals surface area contributed by atoms with Crippen molar-refractivity contribution in [3.8, 4) is 0 Å². The van der Waals surface area contributed by atoms with Crippen molar-refractivity contribution in [1.29, 1.82) is 0 Å². The van der Waals surface area contributed by atoms with Crippen LogP contribution >= 0.6 is 0 Å². The second kappa shape index (κ2) is 5.25. The fourth-order valence-electron chi connectivity index (χ4n) is 2.83. The largest absolute Gasteiger partial charge is 0.287 e. The predicted molar refractivity (Wildman–Crippen MR) is 67.3 cm³/mol. The zero-order chi connectivity index (χ0) is 11.4. The summed E-state index contributed by atoms with van der Waals surface area (Å²) in [5.74, 6) is 2.26. The highest BCUT2D eigenvalue weighted by Gasteiger charge is 2.34. The predicted octanol–water partition coefficient (Wildman–Crippen LogP) is 1.81. The molecule has 1 N–H and O–H groups in total. The lowest BCUT2D eigenvalue weighted by Crippen LogP contribution is -2.40. The molecule has 1 saturated carbocycles. The minimum Gasteiger partial charge on any atom is -0.287 e. The Morgan fingerprint density at radius 2 is 1.88 bits per heavy atom. The number of aliphatic imine (C=N–C) groups is 2. The van der Waals surface area contributed by atoms with Gasteiger partial charge in [-0.2, -0.15) is 0 Å². The van der Waals surface area contributed by atoms with Gasteiger partial charge in [-0.05, 0) is 31.4 Å². The molecule has 1 heterocycles. The number of guanidine groups is 1. The van der Waals surface area contributed by atoms with Crippen molar-refractivity contribution >= 4 is 12.7 Å². The number of hydrazine groups is 1. The van der Waals surface area contributed by atoms with Crippen LogP contribution in [0.3, 0.4) is 0 Å². The number of nitrogens with zero attached hydrogens (tertiary/aromatic N) is 3. The topological polar surface area (TPSA) is 40.0 Å². The first-order valence-electron chi connectivity index (χ1n) is 6.00. The van der Waals surface area contributed by atoms with Crippen LogP contribution in [0.25, 0.3) is 0 Å². The molecule has 2 fully saturated rings. The Balaban J connectivity index is 1.90. The van der Waals surface area contributed by atoms with Gasteiger partial charge in [-0.25, -0.2) is 15.0 Å². The highest BCUT2D eigenvalue weighted by Crippen LogP contribution is 2.35. The van der Waals surface area contributed by atoms with Crippen LogP contribution in [0.2, 0.25) is 0 Å². The highest BCUT2D eigenvalue weighted by molar-refractivity contribution is 5.84. The van der Waals surface area contributed by atoms with Gasteiger partial charge in [0.1, 0.15) is 0 Å². The molecule has 0 radical (unpaired) electrons. The lowest BCUT2D eigenvalue weighted by atomic mass is 9.82. The maximum absolute atomic E-state index is 4.02. The standard InChI is InChI=1S/C12H20N4/c1-3-14-12(13-2)15-16-8-10-6-4-5-7-11(10)9-16/h3,10-11H,1-2,4-9H2,(H,14,15). The van der Waals surface area contributed by atoms with Crippen LogP contribution in [0.1, 0.15) is 25.7 Å². The molecule has 0 aromatic heterocycles. The van der Waals surface area contributed by atoms with E-state index in [-0.39, 0.29) is 0 Å². The minimum atomic E-state index is 0.550. The summed E-state index contributed by atoms with van der Waals surface area (Å²) in [5, 5.41) is 2.22. The summed E-state index contributed by atoms with van der Waals surface area (Å²) in [6.07, 6.45) is 7.02. The first-order valence-corrected chi connectivity index (χ1v) is 6.00. The van der Waals surface area contributed by atoms with Crippen molar-refractivity contribution in [2.45, 2.75) is 25.7 Å². The van der Waals surface area contributed by atoms with Gasteiger partial charge >= 0.3 is 0 Å². The monoisotopic (exact) mass is 220 g/mol. The van der Waals surface area contributed by atoms with Crippen LogP contribution in [-0.2, 0) is 0 Å². The Labute approximate surface area is 97.1 Å². The Bertz CT molecular complexity index is 283. The van der Waals surface area contributed by atoms with Crippen LogP contribution in [0.4, 0.5) is 0 Å². The molecule has 2 aliphatic rings. The lowest BCUT2D eigenvalue weighted by molar-refractivity contribution is 0.278. The molecule has 16 heavy (non-hydrogen) atoms. The van der Waals surface area contributed by atoms with Gasteiger partial charge in [0, 0.05) is 19.3 Å². The molecule has 88 valence electrons. The number of fused-ring (bicyclic) bond motifs is 1. The smallest absolute Gasteiger partial charge is 0.236 e. The molecule has 0 aromatic carbocycles. The highest BCUT2D eigenvalue weighted by atomic mass is 15.5. The average molecular weight is 220 g/mol. The van der Waals surface area contributed by atoms with E-state index >= 15 is 0 Å². The van der Waals surface area contributed by atoms with E-state index in [9.17, 15) is 0 Å². The Kier molecular flexibility index (Phi) is 3.72. The maximum Gasteiger partial charge on any atom is 0.236 e. The third kappa shape index (κ3) is 2.50. The van der Waals surface area contributed by atoms with Crippen molar-refractivity contribution in [2.24, 2.45) is 21.8 Å². The summed E-state index contributed by atoms with van der Waals surface area (Å²) >= 11 is 0. The van der Waals surface area contributed by atoms with E-state index in [1.165, 1.54) is 31.9 Å². The van der Waals surface area contributed by atoms with E-state index in [2.05, 4.69) is 33.7 Å². The van der Waals surface area contributed by atoms with Gasteiger partial charge < -0.3 is 0 Å². The van der Waals surface area contributed by atoms with Gasteiger partial charge in [0.2, 0.25) is 5.96 Å². The van der Waals surface area contributed by atoms with E-state index in [1.54, 1.807) is 0 Å². The van der Waals surface area contributed by atoms with Crippen LogP contribution in [0.15, 0.2) is 22.8 Å². The van der Waals surface area contributed by atoms with E-state index in [0.29, 0.717) is 5.96 Å². The first-order chi connectivity index (χ1) is 7.83. The fraction of sp³-hybridized carbons (Fsp3) is 0.667. The van der Waals surface area contributed by atoms with E-state index < -0.39 is 0 Å². The van der Waals surface area contributed by atoms with Gasteiger partial charge in [-0.15, -0.1) is 0 Å². The number of hydrogen-bond acceptors (Lipinski definition) is 2. The van der Waals surface area contributed by atoms with Crippen molar-refractivity contribution in [1.82, 2.24) is 10.4 Å². The molecule has 1 saturated heterocycles. The first kappa shape index (κ1) is 11.3. The molecular formula is C12H20N4. The van der Waals surface area contributed by atoms with Crippen molar-refractivity contribution in [2.75, 3.05) is 13.1 Å². The molecule has 2 atom stereocenters. The van der Waals surface area contributed by atoms with Gasteiger partial charge in [0.25, 0.3) is 0 Å². The summed E-state index contributed by atoms with van der Waals surface area (Å²) < 4.78 is 0. The van der Waals surface area contributed by atoms with E-state index in [0.717, 1.165) is 24.9 Å². The molecule has 0 amide bonds. The fourth-order valence-corrected chi connectivity index (χ4v) is 2.83. The molecule has 2 rings (SSSR count). The number of rotatable bonds is 2. The Morgan fingerprint density at radius 3 is 2.38 bits per heavy atom. The zero-order valence-corrected chi connectivity index (χ0v) is 9.73. The summed E-state index contributed by atoms with van der Waals surface area (Å²) in [6, 6.07) is 0. The van der Waals surface area contributed by atoms with Gasteiger partial charge in [-0.3, -0.25) is 5.43 Å². The lowest BCUT2D eigenvalue weighted by Gasteiger charge is -2.22. The second-order valence-corrected chi connectivity index (χ2v) is 4.61. The Morgan fingerprint density at radius 1 is 1.25 bits per heavy atom. The Hall–Kier alpha value is -1.16. The van der Waals surface area contributed by atoms with Crippen LogP contribution in [-0.4, -0.2) is 30.8 Å². The molecule has 4 heteroatoms. The molecular weight excluding hydrogens is 200 g/mol. The minimum absolute atomic E-state index is 0.550. The summed E-state index contributed by atoms with van der Waals surface area (Å²) in [7, 11) is 0. The van der Waals surface area contributed by atoms with Gasteiger partial charge in [0.15, 0.2) is 0 Å². The molecule has 0 bridgehead atoms.